The summed E-state index contributed by atoms with van der Waals surface area (Å²) in [5.41, 5.74) is 1.54. The Morgan fingerprint density at radius 3 is 2.59 bits per heavy atom. The average Bonchev–Trinajstić information content (AvgIpc) is 3.04. The van der Waals surface area contributed by atoms with E-state index in [4.69, 9.17) is 11.6 Å². The number of carbonyl (C=O) groups is 2. The van der Waals surface area contributed by atoms with Crippen LogP contribution in [0.5, 0.6) is 0 Å². The highest BCUT2D eigenvalue weighted by Gasteiger charge is 2.41. The molecule has 4 rings (SSSR count). The Morgan fingerprint density at radius 1 is 1.22 bits per heavy atom. The minimum absolute atomic E-state index is 0.135. The van der Waals surface area contributed by atoms with E-state index in [1.807, 2.05) is 30.5 Å². The molecule has 9 heteroatoms. The predicted molar refractivity (Wildman–Crippen MR) is 108 cm³/mol. The van der Waals surface area contributed by atoms with Gasteiger partial charge in [-0.2, -0.15) is 0 Å². The lowest BCUT2D eigenvalue weighted by atomic mass is 10.1. The molecule has 6 nitrogen and oxygen atoms in total. The Balaban J connectivity index is 1.41. The molecule has 1 fully saturated rings. The van der Waals surface area contributed by atoms with E-state index in [2.05, 4.69) is 14.9 Å². The van der Waals surface area contributed by atoms with Gasteiger partial charge in [0, 0.05) is 43.1 Å². The van der Waals surface area contributed by atoms with Gasteiger partial charge in [0.15, 0.2) is 16.2 Å². The molecular weight excluding hydrogens is 404 g/mol. The van der Waals surface area contributed by atoms with Crippen LogP contribution in [0, 0.1) is 0 Å². The third kappa shape index (κ3) is 3.66. The molecule has 3 heterocycles. The van der Waals surface area contributed by atoms with E-state index in [1.165, 1.54) is 29.7 Å². The van der Waals surface area contributed by atoms with Gasteiger partial charge >= 0.3 is 0 Å². The Bertz CT molecular complexity index is 885. The fourth-order valence-corrected chi connectivity index (χ4v) is 4.83. The van der Waals surface area contributed by atoms with Gasteiger partial charge in [-0.3, -0.25) is 9.59 Å². The Labute approximate surface area is 170 Å². The maximum atomic E-state index is 12.9. The predicted octanol–water partition coefficient (Wildman–Crippen LogP) is 2.86. The molecule has 27 heavy (non-hydrogen) atoms. The largest absolute Gasteiger partial charge is 0.368 e. The number of carbonyl (C=O) groups excluding carboxylic acids is 2. The number of benzene rings is 1. The Hall–Kier alpha value is -1.77. The van der Waals surface area contributed by atoms with Gasteiger partial charge in [-0.25, -0.2) is 9.97 Å². The van der Waals surface area contributed by atoms with E-state index in [0.717, 1.165) is 18.8 Å². The zero-order chi connectivity index (χ0) is 19.0. The fourth-order valence-electron chi connectivity index (χ4n) is 3.18. The maximum absolute atomic E-state index is 12.9. The van der Waals surface area contributed by atoms with Gasteiger partial charge in [0.05, 0.1) is 5.56 Å². The van der Waals surface area contributed by atoms with Gasteiger partial charge in [0.25, 0.3) is 0 Å². The number of ketones is 1. The number of amides is 1. The number of thioether (sulfide) groups is 2. The summed E-state index contributed by atoms with van der Waals surface area (Å²) in [6, 6.07) is 7.69. The third-order valence-electron chi connectivity index (χ3n) is 4.65. The van der Waals surface area contributed by atoms with Gasteiger partial charge in [-0.05, 0) is 30.5 Å². The van der Waals surface area contributed by atoms with Crippen molar-refractivity contribution >= 4 is 52.5 Å². The molecule has 1 aromatic heterocycles. The van der Waals surface area contributed by atoms with Crippen LogP contribution in [0.2, 0.25) is 5.02 Å². The van der Waals surface area contributed by atoms with Crippen molar-refractivity contribution in [1.29, 1.82) is 0 Å². The molecule has 2 aliphatic rings. The van der Waals surface area contributed by atoms with Crippen LogP contribution in [0.4, 0.5) is 5.69 Å². The van der Waals surface area contributed by atoms with Gasteiger partial charge in [-0.1, -0.05) is 35.1 Å². The summed E-state index contributed by atoms with van der Waals surface area (Å²) in [6.07, 6.45) is 3.42. The van der Waals surface area contributed by atoms with Crippen LogP contribution in [0.15, 0.2) is 40.6 Å². The fraction of sp³-hybridized carbons (Fsp3) is 0.333. The summed E-state index contributed by atoms with van der Waals surface area (Å²) < 4.78 is 0. The second-order valence-corrected chi connectivity index (χ2v) is 8.53. The van der Waals surface area contributed by atoms with E-state index in [9.17, 15) is 9.59 Å². The van der Waals surface area contributed by atoms with Crippen molar-refractivity contribution in [2.45, 2.75) is 15.4 Å². The van der Waals surface area contributed by atoms with Gasteiger partial charge in [0.2, 0.25) is 5.91 Å². The number of nitrogens with zero attached hydrogens (tertiary/aromatic N) is 4. The normalized spacial score (nSPS) is 19.3. The number of hydrogen-bond acceptors (Lipinski definition) is 7. The first kappa shape index (κ1) is 18.6. The highest BCUT2D eigenvalue weighted by Crippen LogP contribution is 2.37. The number of fused-ring (bicyclic) bond motifs is 1. The number of piperazine rings is 1. The number of Topliss-reactive ketones (excluding diaryl/α,β-unsaturated/α-hetero) is 1. The molecule has 0 radical (unpaired) electrons. The van der Waals surface area contributed by atoms with Crippen molar-refractivity contribution < 1.29 is 9.59 Å². The average molecular weight is 421 g/mol. The van der Waals surface area contributed by atoms with Crippen LogP contribution in [-0.4, -0.2) is 64.2 Å². The topological polar surface area (TPSA) is 66.4 Å². The molecule has 0 aliphatic carbocycles. The molecule has 1 atom stereocenters. The molecule has 2 aliphatic heterocycles. The standard InChI is InChI=1S/C18H17ClN4O2S2/c1-26-18-20-10-13-14(24)15(27-16(13)21-18)17(25)23-8-6-22(7-9-23)12-4-2-11(19)3-5-12/h2-5,10,15H,6-9H2,1H3. The second-order valence-electron chi connectivity index (χ2n) is 6.23. The maximum Gasteiger partial charge on any atom is 0.244 e. The molecular formula is C18H17ClN4O2S2. The minimum Gasteiger partial charge on any atom is -0.368 e. The van der Waals surface area contributed by atoms with Crippen molar-refractivity contribution in [3.05, 3.63) is 41.0 Å². The molecule has 0 N–H and O–H groups in total. The van der Waals surface area contributed by atoms with Crippen molar-refractivity contribution in [3.63, 3.8) is 0 Å². The smallest absolute Gasteiger partial charge is 0.244 e. The SMILES string of the molecule is CSc1ncc2c(n1)SC(C(=O)N1CCN(c3ccc(Cl)cc3)CC1)C2=O. The molecule has 2 aromatic rings. The van der Waals surface area contributed by atoms with Crippen molar-refractivity contribution in [2.24, 2.45) is 0 Å². The van der Waals surface area contributed by atoms with E-state index in [0.29, 0.717) is 33.9 Å². The number of hydrogen-bond donors (Lipinski definition) is 0. The number of halogens is 1. The van der Waals surface area contributed by atoms with E-state index in [-0.39, 0.29) is 11.7 Å². The summed E-state index contributed by atoms with van der Waals surface area (Å²) in [5, 5.41) is 1.18. The van der Waals surface area contributed by atoms with Crippen LogP contribution in [0.3, 0.4) is 0 Å². The highest BCUT2D eigenvalue weighted by molar-refractivity contribution is 8.02. The van der Waals surface area contributed by atoms with Crippen molar-refractivity contribution in [1.82, 2.24) is 14.9 Å². The van der Waals surface area contributed by atoms with Crippen molar-refractivity contribution in [2.75, 3.05) is 37.3 Å². The van der Waals surface area contributed by atoms with Crippen LogP contribution >= 0.6 is 35.1 Å². The molecule has 140 valence electrons. The quantitative estimate of drug-likeness (QED) is 0.327. The van der Waals surface area contributed by atoms with E-state index >= 15 is 0 Å². The number of anilines is 1. The van der Waals surface area contributed by atoms with Crippen LogP contribution < -0.4 is 4.90 Å². The first-order chi connectivity index (χ1) is 13.1. The molecule has 1 amide bonds. The summed E-state index contributed by atoms with van der Waals surface area (Å²) in [6.45, 7) is 2.62. The molecule has 0 bridgehead atoms. The summed E-state index contributed by atoms with van der Waals surface area (Å²) in [5.74, 6) is -0.322. The Kier molecular flexibility index (Phi) is 5.29. The van der Waals surface area contributed by atoms with Crippen LogP contribution in [-0.2, 0) is 4.79 Å². The number of rotatable bonds is 3. The molecule has 1 aromatic carbocycles. The molecule has 0 spiro atoms. The highest BCUT2D eigenvalue weighted by atomic mass is 35.5. The van der Waals surface area contributed by atoms with Crippen LogP contribution in [0.1, 0.15) is 10.4 Å². The zero-order valence-corrected chi connectivity index (χ0v) is 17.0. The van der Waals surface area contributed by atoms with E-state index in [1.54, 1.807) is 4.90 Å². The molecule has 1 saturated heterocycles. The lowest BCUT2D eigenvalue weighted by molar-refractivity contribution is -0.130. The van der Waals surface area contributed by atoms with Gasteiger partial charge in [-0.15, -0.1) is 0 Å². The van der Waals surface area contributed by atoms with Crippen LogP contribution in [0.25, 0.3) is 0 Å². The lowest BCUT2D eigenvalue weighted by Gasteiger charge is -2.36. The Morgan fingerprint density at radius 2 is 1.93 bits per heavy atom. The minimum atomic E-state index is -0.742. The van der Waals surface area contributed by atoms with E-state index < -0.39 is 5.25 Å². The first-order valence-electron chi connectivity index (χ1n) is 8.48. The second kappa shape index (κ2) is 7.69. The summed E-state index contributed by atoms with van der Waals surface area (Å²) >= 11 is 8.60. The monoisotopic (exact) mass is 420 g/mol. The van der Waals surface area contributed by atoms with Gasteiger partial charge in [0.1, 0.15) is 5.03 Å². The molecule has 0 saturated carbocycles. The lowest BCUT2D eigenvalue weighted by Crippen LogP contribution is -2.51. The zero-order valence-electron chi connectivity index (χ0n) is 14.6. The number of aromatic nitrogens is 2. The first-order valence-corrected chi connectivity index (χ1v) is 11.0. The van der Waals surface area contributed by atoms with Crippen molar-refractivity contribution in [3.8, 4) is 0 Å². The van der Waals surface area contributed by atoms with Gasteiger partial charge < -0.3 is 9.80 Å². The summed E-state index contributed by atoms with van der Waals surface area (Å²) in [7, 11) is 0. The molecule has 1 unspecified atom stereocenters. The third-order valence-corrected chi connectivity index (χ3v) is 6.65. The summed E-state index contributed by atoms with van der Waals surface area (Å²) in [4.78, 5) is 38.0.